The Labute approximate surface area is 134 Å². The van der Waals surface area contributed by atoms with Crippen molar-refractivity contribution in [1.82, 2.24) is 9.38 Å². The number of halogens is 1. The van der Waals surface area contributed by atoms with E-state index in [0.29, 0.717) is 11.3 Å². The van der Waals surface area contributed by atoms with Crippen LogP contribution in [0.25, 0.3) is 4.96 Å². The van der Waals surface area contributed by atoms with Crippen LogP contribution in [0.4, 0.5) is 5.82 Å². The van der Waals surface area contributed by atoms with Gasteiger partial charge in [0.25, 0.3) is 0 Å². The lowest BCUT2D eigenvalue weighted by atomic mass is 9.68. The molecule has 4 rings (SSSR count). The number of fused-ring (bicyclic) bond motifs is 1. The third kappa shape index (κ3) is 2.36. The number of thiazole rings is 1. The fourth-order valence-corrected chi connectivity index (χ4v) is 5.17. The number of aromatic nitrogens is 2. The molecular weight excluding hydrogens is 302 g/mol. The van der Waals surface area contributed by atoms with Crippen molar-refractivity contribution in [1.29, 1.82) is 0 Å². The SMILES string of the molecule is ClCc1c(N2CCC3(CCCCC3)CC2)nc2sccn12. The molecule has 1 aliphatic heterocycles. The highest BCUT2D eigenvalue weighted by Crippen LogP contribution is 2.45. The zero-order valence-corrected chi connectivity index (χ0v) is 13.9. The molecule has 0 amide bonds. The monoisotopic (exact) mass is 323 g/mol. The summed E-state index contributed by atoms with van der Waals surface area (Å²) in [6.07, 6.45) is 12.0. The van der Waals surface area contributed by atoms with Gasteiger partial charge in [-0.25, -0.2) is 4.98 Å². The number of piperidine rings is 1. The van der Waals surface area contributed by atoms with E-state index in [2.05, 4.69) is 20.9 Å². The van der Waals surface area contributed by atoms with E-state index in [9.17, 15) is 0 Å². The first kappa shape index (κ1) is 13.9. The number of alkyl halides is 1. The molecule has 2 aromatic rings. The van der Waals surface area contributed by atoms with Gasteiger partial charge in [-0.1, -0.05) is 19.3 Å². The van der Waals surface area contributed by atoms with Crippen LogP contribution in [0.5, 0.6) is 0 Å². The fourth-order valence-electron chi connectivity index (χ4n) is 4.19. The fraction of sp³-hybridized carbons (Fsp3) is 0.688. The molecule has 0 atom stereocenters. The number of imidazole rings is 1. The maximum atomic E-state index is 6.19. The van der Waals surface area contributed by atoms with Crippen molar-refractivity contribution in [3.63, 3.8) is 0 Å². The molecular formula is C16H22ClN3S. The molecule has 3 heterocycles. The van der Waals surface area contributed by atoms with Crippen molar-refractivity contribution < 1.29 is 0 Å². The van der Waals surface area contributed by atoms with Crippen LogP contribution in [0.3, 0.4) is 0 Å². The Morgan fingerprint density at radius 3 is 2.62 bits per heavy atom. The van der Waals surface area contributed by atoms with Crippen LogP contribution in [0.1, 0.15) is 50.6 Å². The molecule has 1 saturated carbocycles. The van der Waals surface area contributed by atoms with Crippen molar-refractivity contribution in [2.75, 3.05) is 18.0 Å². The van der Waals surface area contributed by atoms with E-state index in [4.69, 9.17) is 16.6 Å². The van der Waals surface area contributed by atoms with E-state index in [1.165, 1.54) is 44.9 Å². The molecule has 3 nitrogen and oxygen atoms in total. The van der Waals surface area contributed by atoms with E-state index >= 15 is 0 Å². The minimum Gasteiger partial charge on any atom is -0.355 e. The molecule has 1 aliphatic carbocycles. The Balaban J connectivity index is 1.55. The average molecular weight is 324 g/mol. The summed E-state index contributed by atoms with van der Waals surface area (Å²) >= 11 is 7.88. The maximum Gasteiger partial charge on any atom is 0.195 e. The maximum absolute atomic E-state index is 6.19. The first-order chi connectivity index (χ1) is 10.3. The number of hydrogen-bond donors (Lipinski definition) is 0. The molecule has 21 heavy (non-hydrogen) atoms. The van der Waals surface area contributed by atoms with Gasteiger partial charge in [0.1, 0.15) is 0 Å². The van der Waals surface area contributed by atoms with Gasteiger partial charge < -0.3 is 4.90 Å². The molecule has 2 aromatic heterocycles. The number of hydrogen-bond acceptors (Lipinski definition) is 3. The Morgan fingerprint density at radius 2 is 1.90 bits per heavy atom. The van der Waals surface area contributed by atoms with E-state index < -0.39 is 0 Å². The molecule has 114 valence electrons. The van der Waals surface area contributed by atoms with Crippen LogP contribution in [-0.2, 0) is 5.88 Å². The van der Waals surface area contributed by atoms with Gasteiger partial charge in [0.05, 0.1) is 11.6 Å². The lowest BCUT2D eigenvalue weighted by molar-refractivity contribution is 0.144. The second kappa shape index (κ2) is 5.47. The highest BCUT2D eigenvalue weighted by Gasteiger charge is 2.36. The minimum atomic E-state index is 0.537. The molecule has 0 unspecified atom stereocenters. The lowest BCUT2D eigenvalue weighted by Gasteiger charge is -2.44. The summed E-state index contributed by atoms with van der Waals surface area (Å²) in [6, 6.07) is 0. The molecule has 5 heteroatoms. The van der Waals surface area contributed by atoms with E-state index in [0.717, 1.165) is 29.6 Å². The molecule has 2 aliphatic rings. The van der Waals surface area contributed by atoms with Crippen LogP contribution in [-0.4, -0.2) is 22.5 Å². The predicted octanol–water partition coefficient (Wildman–Crippen LogP) is 4.69. The van der Waals surface area contributed by atoms with Gasteiger partial charge in [-0.3, -0.25) is 4.40 Å². The van der Waals surface area contributed by atoms with Gasteiger partial charge in [-0.2, -0.15) is 0 Å². The first-order valence-electron chi connectivity index (χ1n) is 8.07. The van der Waals surface area contributed by atoms with Crippen LogP contribution in [0.2, 0.25) is 0 Å². The quantitative estimate of drug-likeness (QED) is 0.748. The minimum absolute atomic E-state index is 0.537. The highest BCUT2D eigenvalue weighted by molar-refractivity contribution is 7.15. The van der Waals surface area contributed by atoms with Crippen LogP contribution >= 0.6 is 22.9 Å². The smallest absolute Gasteiger partial charge is 0.195 e. The van der Waals surface area contributed by atoms with Crippen LogP contribution < -0.4 is 4.90 Å². The normalized spacial score (nSPS) is 22.2. The first-order valence-corrected chi connectivity index (χ1v) is 9.48. The Hall–Kier alpha value is -0.740. The van der Waals surface area contributed by atoms with Gasteiger partial charge in [0.2, 0.25) is 0 Å². The molecule has 0 N–H and O–H groups in total. The molecule has 0 bridgehead atoms. The van der Waals surface area contributed by atoms with Gasteiger partial charge >= 0.3 is 0 Å². The van der Waals surface area contributed by atoms with E-state index in [1.54, 1.807) is 11.3 Å². The summed E-state index contributed by atoms with van der Waals surface area (Å²) in [5.41, 5.74) is 1.81. The van der Waals surface area contributed by atoms with E-state index in [1.807, 2.05) is 0 Å². The van der Waals surface area contributed by atoms with Gasteiger partial charge in [-0.05, 0) is 31.1 Å². The highest BCUT2D eigenvalue weighted by atomic mass is 35.5. The second-order valence-electron chi connectivity index (χ2n) is 6.62. The summed E-state index contributed by atoms with van der Waals surface area (Å²) in [4.78, 5) is 8.36. The van der Waals surface area contributed by atoms with Crippen molar-refractivity contribution in [3.8, 4) is 0 Å². The average Bonchev–Trinajstić information content (AvgIpc) is 3.09. The van der Waals surface area contributed by atoms with Crippen LogP contribution in [0.15, 0.2) is 11.6 Å². The third-order valence-electron chi connectivity index (χ3n) is 5.50. The zero-order chi connectivity index (χ0) is 14.3. The van der Waals surface area contributed by atoms with Crippen molar-refractivity contribution in [2.24, 2.45) is 5.41 Å². The molecule has 1 saturated heterocycles. The van der Waals surface area contributed by atoms with Crippen molar-refractivity contribution >= 4 is 33.7 Å². The summed E-state index contributed by atoms with van der Waals surface area (Å²) in [5.74, 6) is 1.66. The molecule has 0 radical (unpaired) electrons. The Morgan fingerprint density at radius 1 is 1.14 bits per heavy atom. The molecule has 0 aromatic carbocycles. The van der Waals surface area contributed by atoms with Gasteiger partial charge in [-0.15, -0.1) is 22.9 Å². The van der Waals surface area contributed by atoms with Crippen LogP contribution in [0, 0.1) is 5.41 Å². The van der Waals surface area contributed by atoms with Gasteiger partial charge in [0.15, 0.2) is 10.8 Å². The lowest BCUT2D eigenvalue weighted by Crippen LogP contribution is -2.41. The standard InChI is InChI=1S/C16H22ClN3S/c17-12-13-14(18-15-20(13)10-11-21-15)19-8-6-16(7-9-19)4-2-1-3-5-16/h10-11H,1-9,12H2. The summed E-state index contributed by atoms with van der Waals surface area (Å²) in [6.45, 7) is 2.30. The number of anilines is 1. The zero-order valence-electron chi connectivity index (χ0n) is 12.4. The van der Waals surface area contributed by atoms with Crippen molar-refractivity contribution in [2.45, 2.75) is 50.8 Å². The Kier molecular flexibility index (Phi) is 3.62. The molecule has 2 fully saturated rings. The second-order valence-corrected chi connectivity index (χ2v) is 7.76. The van der Waals surface area contributed by atoms with Gasteiger partial charge in [0, 0.05) is 24.7 Å². The number of rotatable bonds is 2. The predicted molar refractivity (Wildman–Crippen MR) is 89.6 cm³/mol. The third-order valence-corrected chi connectivity index (χ3v) is 6.51. The topological polar surface area (TPSA) is 20.5 Å². The summed E-state index contributed by atoms with van der Waals surface area (Å²) in [7, 11) is 0. The summed E-state index contributed by atoms with van der Waals surface area (Å²) < 4.78 is 2.15. The largest absolute Gasteiger partial charge is 0.355 e. The van der Waals surface area contributed by atoms with Crippen molar-refractivity contribution in [3.05, 3.63) is 17.3 Å². The number of nitrogens with zero attached hydrogens (tertiary/aromatic N) is 3. The summed E-state index contributed by atoms with van der Waals surface area (Å²) in [5, 5.41) is 2.08. The van der Waals surface area contributed by atoms with E-state index in [-0.39, 0.29) is 0 Å². The Bertz CT molecular complexity index is 617. The molecule has 1 spiro atoms.